The fraction of sp³-hybridized carbons (Fsp3) is 0.400. The molecule has 2 rings (SSSR count). The van der Waals surface area contributed by atoms with Crippen LogP contribution in [-0.4, -0.2) is 39.0 Å². The minimum absolute atomic E-state index is 0.197. The summed E-state index contributed by atoms with van der Waals surface area (Å²) >= 11 is 0. The topological polar surface area (TPSA) is 60.0 Å². The molecular weight excluding hydrogens is 318 g/mol. The fourth-order valence-corrected chi connectivity index (χ4v) is 2.80. The number of benzene rings is 2. The van der Waals surface area contributed by atoms with Crippen LogP contribution < -0.4 is 19.5 Å². The van der Waals surface area contributed by atoms with E-state index in [0.29, 0.717) is 12.3 Å². The second kappa shape index (κ2) is 9.30. The second-order valence-corrected chi connectivity index (χ2v) is 5.96. The van der Waals surface area contributed by atoms with Crippen molar-refractivity contribution in [2.75, 3.05) is 27.9 Å². The first kappa shape index (κ1) is 19.1. The Balaban J connectivity index is 1.93. The van der Waals surface area contributed by atoms with E-state index < -0.39 is 6.10 Å². The molecule has 0 saturated carbocycles. The van der Waals surface area contributed by atoms with Crippen molar-refractivity contribution >= 4 is 0 Å². The van der Waals surface area contributed by atoms with E-state index in [2.05, 4.69) is 12.2 Å². The van der Waals surface area contributed by atoms with Crippen LogP contribution in [0.1, 0.15) is 24.2 Å². The summed E-state index contributed by atoms with van der Waals surface area (Å²) in [6.07, 6.45) is 0.197. The minimum atomic E-state index is -0.621. The Morgan fingerprint density at radius 2 is 1.60 bits per heavy atom. The Morgan fingerprint density at radius 3 is 2.28 bits per heavy atom. The molecule has 25 heavy (non-hydrogen) atoms. The zero-order valence-corrected chi connectivity index (χ0v) is 15.3. The van der Waals surface area contributed by atoms with Gasteiger partial charge in [0.2, 0.25) is 0 Å². The van der Waals surface area contributed by atoms with E-state index in [0.717, 1.165) is 29.0 Å². The molecule has 0 radical (unpaired) electrons. The first-order valence-corrected chi connectivity index (χ1v) is 8.34. The number of hydrogen-bond acceptors (Lipinski definition) is 5. The Hall–Kier alpha value is -2.24. The first-order chi connectivity index (χ1) is 12.1. The van der Waals surface area contributed by atoms with Crippen LogP contribution in [0, 0.1) is 0 Å². The van der Waals surface area contributed by atoms with Gasteiger partial charge in [-0.05, 0) is 37.1 Å². The molecule has 0 aliphatic carbocycles. The molecule has 0 unspecified atom stereocenters. The smallest absolute Gasteiger partial charge is 0.160 e. The van der Waals surface area contributed by atoms with Crippen molar-refractivity contribution in [2.45, 2.75) is 25.5 Å². The number of methoxy groups -OCH3 is 3. The number of para-hydroxylation sites is 1. The molecule has 5 nitrogen and oxygen atoms in total. The number of rotatable bonds is 9. The number of nitrogens with one attached hydrogen (secondary N) is 1. The van der Waals surface area contributed by atoms with Crippen molar-refractivity contribution in [1.29, 1.82) is 0 Å². The normalized spacial score (nSPS) is 13.2. The summed E-state index contributed by atoms with van der Waals surface area (Å²) in [4.78, 5) is 0. The zero-order chi connectivity index (χ0) is 18.2. The standard InChI is InChI=1S/C20H27NO4/c1-14(11-15-9-10-19(24-3)20(12-15)25-4)21-13-17(22)16-7-5-6-8-18(16)23-2/h5-10,12,14,17,21-22H,11,13H2,1-4H3/t14-,17+/m1/s1. The monoisotopic (exact) mass is 345 g/mol. The highest BCUT2D eigenvalue weighted by Gasteiger charge is 2.14. The van der Waals surface area contributed by atoms with Gasteiger partial charge in [0.15, 0.2) is 11.5 Å². The quantitative estimate of drug-likeness (QED) is 0.732. The summed E-state index contributed by atoms with van der Waals surface area (Å²) in [5.41, 5.74) is 1.93. The highest BCUT2D eigenvalue weighted by Crippen LogP contribution is 2.28. The van der Waals surface area contributed by atoms with Gasteiger partial charge in [0, 0.05) is 18.2 Å². The highest BCUT2D eigenvalue weighted by atomic mass is 16.5. The van der Waals surface area contributed by atoms with Crippen molar-refractivity contribution < 1.29 is 19.3 Å². The van der Waals surface area contributed by atoms with Gasteiger partial charge < -0.3 is 24.6 Å². The van der Waals surface area contributed by atoms with Crippen LogP contribution in [0.5, 0.6) is 17.2 Å². The van der Waals surface area contributed by atoms with E-state index in [-0.39, 0.29) is 6.04 Å². The molecule has 0 spiro atoms. The lowest BCUT2D eigenvalue weighted by molar-refractivity contribution is 0.166. The van der Waals surface area contributed by atoms with Gasteiger partial charge in [-0.2, -0.15) is 0 Å². The maximum absolute atomic E-state index is 10.4. The molecule has 5 heteroatoms. The Kier molecular flexibility index (Phi) is 7.10. The molecule has 0 aromatic heterocycles. The summed E-state index contributed by atoms with van der Waals surface area (Å²) in [6.45, 7) is 2.54. The van der Waals surface area contributed by atoms with Crippen LogP contribution in [0.2, 0.25) is 0 Å². The number of ether oxygens (including phenoxy) is 3. The molecule has 0 aliphatic rings. The lowest BCUT2D eigenvalue weighted by atomic mass is 10.0. The van der Waals surface area contributed by atoms with E-state index >= 15 is 0 Å². The van der Waals surface area contributed by atoms with Crippen molar-refractivity contribution in [3.05, 3.63) is 53.6 Å². The van der Waals surface area contributed by atoms with Gasteiger partial charge in [0.1, 0.15) is 5.75 Å². The third-order valence-corrected chi connectivity index (χ3v) is 4.15. The maximum atomic E-state index is 10.4. The Morgan fingerprint density at radius 1 is 0.920 bits per heavy atom. The van der Waals surface area contributed by atoms with Gasteiger partial charge in [0.05, 0.1) is 27.4 Å². The fourth-order valence-electron chi connectivity index (χ4n) is 2.80. The summed E-state index contributed by atoms with van der Waals surface area (Å²) < 4.78 is 15.9. The molecule has 0 heterocycles. The molecule has 136 valence electrons. The predicted molar refractivity (Wildman–Crippen MR) is 98.7 cm³/mol. The maximum Gasteiger partial charge on any atom is 0.160 e. The van der Waals surface area contributed by atoms with Gasteiger partial charge >= 0.3 is 0 Å². The van der Waals surface area contributed by atoms with Crippen molar-refractivity contribution in [3.63, 3.8) is 0 Å². The number of aliphatic hydroxyl groups is 1. The van der Waals surface area contributed by atoms with E-state index in [4.69, 9.17) is 14.2 Å². The van der Waals surface area contributed by atoms with Gasteiger partial charge in [-0.1, -0.05) is 24.3 Å². The molecule has 2 aromatic rings. The Bertz CT molecular complexity index is 674. The summed E-state index contributed by atoms with van der Waals surface area (Å²) in [5, 5.41) is 13.8. The molecule has 0 bridgehead atoms. The SMILES string of the molecule is COc1ccc(C[C@@H](C)NC[C@H](O)c2ccccc2OC)cc1OC. The Labute approximate surface area is 149 Å². The molecule has 2 N–H and O–H groups in total. The summed E-state index contributed by atoms with van der Waals surface area (Å²) in [7, 11) is 4.87. The lowest BCUT2D eigenvalue weighted by Crippen LogP contribution is -2.32. The van der Waals surface area contributed by atoms with Crippen LogP contribution in [0.3, 0.4) is 0 Å². The van der Waals surface area contributed by atoms with E-state index in [9.17, 15) is 5.11 Å². The van der Waals surface area contributed by atoms with Gasteiger partial charge in [-0.25, -0.2) is 0 Å². The van der Waals surface area contributed by atoms with Gasteiger partial charge in [-0.15, -0.1) is 0 Å². The van der Waals surface area contributed by atoms with Crippen LogP contribution in [0.15, 0.2) is 42.5 Å². The van der Waals surface area contributed by atoms with Gasteiger partial charge in [0.25, 0.3) is 0 Å². The first-order valence-electron chi connectivity index (χ1n) is 8.34. The van der Waals surface area contributed by atoms with Crippen LogP contribution >= 0.6 is 0 Å². The summed E-state index contributed by atoms with van der Waals surface area (Å²) in [5.74, 6) is 2.14. The number of aliphatic hydroxyl groups excluding tert-OH is 1. The third kappa shape index (κ3) is 5.11. The number of hydrogen-bond donors (Lipinski definition) is 2. The van der Waals surface area contributed by atoms with E-state index in [1.54, 1.807) is 21.3 Å². The van der Waals surface area contributed by atoms with Crippen LogP contribution in [0.4, 0.5) is 0 Å². The molecule has 0 fully saturated rings. The van der Waals surface area contributed by atoms with Crippen LogP contribution in [-0.2, 0) is 6.42 Å². The largest absolute Gasteiger partial charge is 0.496 e. The molecule has 0 aliphatic heterocycles. The summed E-state index contributed by atoms with van der Waals surface area (Å²) in [6, 6.07) is 13.6. The van der Waals surface area contributed by atoms with Crippen molar-refractivity contribution in [1.82, 2.24) is 5.32 Å². The van der Waals surface area contributed by atoms with Gasteiger partial charge in [-0.3, -0.25) is 0 Å². The average Bonchev–Trinajstić information content (AvgIpc) is 2.65. The molecular formula is C20H27NO4. The lowest BCUT2D eigenvalue weighted by Gasteiger charge is -2.19. The van der Waals surface area contributed by atoms with Crippen molar-refractivity contribution in [2.24, 2.45) is 0 Å². The van der Waals surface area contributed by atoms with E-state index in [1.165, 1.54) is 0 Å². The minimum Gasteiger partial charge on any atom is -0.496 e. The van der Waals surface area contributed by atoms with E-state index in [1.807, 2.05) is 42.5 Å². The second-order valence-electron chi connectivity index (χ2n) is 5.96. The molecule has 0 amide bonds. The molecule has 2 atom stereocenters. The predicted octanol–water partition coefficient (Wildman–Crippen LogP) is 2.97. The molecule has 2 aromatic carbocycles. The highest BCUT2D eigenvalue weighted by molar-refractivity contribution is 5.43. The van der Waals surface area contributed by atoms with Crippen LogP contribution in [0.25, 0.3) is 0 Å². The molecule has 0 saturated heterocycles. The third-order valence-electron chi connectivity index (χ3n) is 4.15. The van der Waals surface area contributed by atoms with Crippen molar-refractivity contribution in [3.8, 4) is 17.2 Å². The zero-order valence-electron chi connectivity index (χ0n) is 15.3. The average molecular weight is 345 g/mol.